The Morgan fingerprint density at radius 3 is 0.467 bits per heavy atom. The number of rotatable bonds is 6. The SMILES string of the molecule is C1CCC(P(C2CCCCC2)C2CCCCC2)CC1.C1CCC(P(C2CCCCC2)C2CCCCC2)CC1.C=O.C=O.C=O.[Fe]. The van der Waals surface area contributed by atoms with Crippen LogP contribution in [0, 0.1) is 0 Å². The van der Waals surface area contributed by atoms with Crippen molar-refractivity contribution in [3.63, 3.8) is 0 Å². The Hall–Kier alpha value is 0.389. The third kappa shape index (κ3) is 15.2. The van der Waals surface area contributed by atoms with Gasteiger partial charge in [-0.15, -0.1) is 0 Å². The molecule has 0 aromatic carbocycles. The molecule has 6 rings (SSSR count). The quantitative estimate of drug-likeness (QED) is 0.204. The van der Waals surface area contributed by atoms with E-state index in [9.17, 15) is 0 Å². The van der Waals surface area contributed by atoms with Gasteiger partial charge in [-0.2, -0.15) is 0 Å². The van der Waals surface area contributed by atoms with Gasteiger partial charge in [-0.25, -0.2) is 0 Å². The monoisotopic (exact) mass is 706 g/mol. The zero-order valence-electron chi connectivity index (χ0n) is 29.3. The minimum absolute atomic E-state index is 0. The van der Waals surface area contributed by atoms with E-state index in [0.29, 0.717) is 15.8 Å². The molecule has 0 amide bonds. The maximum atomic E-state index is 8.00. The maximum absolute atomic E-state index is 8.00. The summed E-state index contributed by atoms with van der Waals surface area (Å²) in [6.07, 6.45) is 47.2. The van der Waals surface area contributed by atoms with Crippen LogP contribution in [0.25, 0.3) is 0 Å². The maximum Gasteiger partial charge on any atom is 0.106 e. The summed E-state index contributed by atoms with van der Waals surface area (Å²) in [6.45, 7) is 6.00. The van der Waals surface area contributed by atoms with Crippen molar-refractivity contribution in [2.24, 2.45) is 0 Å². The second-order valence-electron chi connectivity index (χ2n) is 14.6. The zero-order chi connectivity index (χ0) is 31.8. The summed E-state index contributed by atoms with van der Waals surface area (Å²) in [7, 11) is 0.770. The number of carbonyl (C=O) groups excluding carboxylic acids is 3. The summed E-state index contributed by atoms with van der Waals surface area (Å²) in [5.74, 6) is 0. The Morgan fingerprint density at radius 2 is 0.356 bits per heavy atom. The van der Waals surface area contributed by atoms with Gasteiger partial charge in [0.1, 0.15) is 20.4 Å². The molecule has 0 aliphatic heterocycles. The molecule has 6 heteroatoms. The van der Waals surface area contributed by atoms with Gasteiger partial charge in [0, 0.05) is 17.1 Å². The predicted molar refractivity (Wildman–Crippen MR) is 196 cm³/mol. The number of hydrogen-bond donors (Lipinski definition) is 0. The van der Waals surface area contributed by atoms with E-state index in [1.54, 1.807) is 154 Å². The van der Waals surface area contributed by atoms with E-state index < -0.39 is 0 Å². The Labute approximate surface area is 293 Å². The summed E-state index contributed by atoms with van der Waals surface area (Å²) in [5, 5.41) is 0. The van der Waals surface area contributed by atoms with Crippen LogP contribution in [0.15, 0.2) is 0 Å². The van der Waals surface area contributed by atoms with Crippen LogP contribution in [0.1, 0.15) is 193 Å². The van der Waals surface area contributed by atoms with Gasteiger partial charge in [-0.1, -0.05) is 131 Å². The van der Waals surface area contributed by atoms with Crippen LogP contribution in [0.4, 0.5) is 0 Å². The standard InChI is InChI=1S/2C18H33P.3CH2O.Fe/c2*1-4-10-16(11-5-1)19(17-12-6-2-7-13-17)18-14-8-3-9-15-18;3*1-2;/h2*16-18H,1-15H2;3*1H2;. The first-order valence-corrected chi connectivity index (χ1v) is 22.4. The average molecular weight is 707 g/mol. The Kier molecular flexibility index (Phi) is 27.3. The molecule has 6 fully saturated rings. The first-order valence-electron chi connectivity index (χ1n) is 19.3. The fourth-order valence-electron chi connectivity index (χ4n) is 10.1. The van der Waals surface area contributed by atoms with Crippen LogP contribution in [-0.2, 0) is 31.5 Å². The van der Waals surface area contributed by atoms with E-state index in [1.807, 2.05) is 20.4 Å². The predicted octanol–water partition coefficient (Wildman–Crippen LogP) is 12.4. The molecule has 6 aliphatic carbocycles. The fourth-order valence-corrected chi connectivity index (χ4v) is 19.4. The second-order valence-corrected chi connectivity index (χ2v) is 20.8. The molecule has 6 aliphatic rings. The molecule has 0 atom stereocenters. The number of carbonyl (C=O) groups is 3. The smallest absolute Gasteiger partial charge is 0.106 e. The van der Waals surface area contributed by atoms with E-state index in [2.05, 4.69) is 0 Å². The minimum Gasteiger partial charge on any atom is -0.307 e. The second kappa shape index (κ2) is 28.3. The summed E-state index contributed by atoms with van der Waals surface area (Å²) in [4.78, 5) is 24.0. The molecule has 264 valence electrons. The van der Waals surface area contributed by atoms with Crippen LogP contribution in [-0.4, -0.2) is 54.3 Å². The van der Waals surface area contributed by atoms with E-state index in [0.717, 1.165) is 0 Å². The summed E-state index contributed by atoms with van der Waals surface area (Å²) in [5.41, 5.74) is 7.14. The van der Waals surface area contributed by atoms with Crippen molar-refractivity contribution in [1.82, 2.24) is 0 Å². The third-order valence-corrected chi connectivity index (χ3v) is 20.1. The fraction of sp³-hybridized carbons (Fsp3) is 0.923. The molecule has 0 heterocycles. The first kappa shape index (κ1) is 43.4. The van der Waals surface area contributed by atoms with Crippen molar-refractivity contribution in [3.05, 3.63) is 0 Å². The third-order valence-electron chi connectivity index (χ3n) is 12.0. The van der Waals surface area contributed by atoms with Crippen molar-refractivity contribution in [3.8, 4) is 0 Å². The molecule has 45 heavy (non-hydrogen) atoms. The van der Waals surface area contributed by atoms with Crippen LogP contribution in [0.3, 0.4) is 0 Å². The van der Waals surface area contributed by atoms with Crippen LogP contribution >= 0.6 is 15.8 Å². The molecule has 0 spiro atoms. The topological polar surface area (TPSA) is 51.2 Å². The molecule has 0 saturated heterocycles. The van der Waals surface area contributed by atoms with Gasteiger partial charge in [0.25, 0.3) is 0 Å². The van der Waals surface area contributed by atoms with Crippen LogP contribution < -0.4 is 0 Å². The van der Waals surface area contributed by atoms with Crippen molar-refractivity contribution in [2.45, 2.75) is 227 Å². The number of hydrogen-bond acceptors (Lipinski definition) is 3. The molecular formula is C39H72FeO3P2. The Morgan fingerprint density at radius 1 is 0.244 bits per heavy atom. The van der Waals surface area contributed by atoms with E-state index >= 15 is 0 Å². The van der Waals surface area contributed by atoms with Gasteiger partial charge in [-0.05, 0) is 111 Å². The summed E-state index contributed by atoms with van der Waals surface area (Å²) < 4.78 is 0. The molecule has 0 aromatic heterocycles. The van der Waals surface area contributed by atoms with E-state index in [4.69, 9.17) is 14.4 Å². The summed E-state index contributed by atoms with van der Waals surface area (Å²) >= 11 is 0. The zero-order valence-corrected chi connectivity index (χ0v) is 32.2. The van der Waals surface area contributed by atoms with Crippen molar-refractivity contribution in [1.29, 1.82) is 0 Å². The van der Waals surface area contributed by atoms with Gasteiger partial charge in [0.2, 0.25) is 0 Å². The molecule has 0 N–H and O–H groups in total. The molecule has 3 nitrogen and oxygen atoms in total. The van der Waals surface area contributed by atoms with Gasteiger partial charge < -0.3 is 14.4 Å². The normalized spacial score (nSPS) is 24.7. The van der Waals surface area contributed by atoms with Gasteiger partial charge >= 0.3 is 0 Å². The van der Waals surface area contributed by atoms with Gasteiger partial charge in [0.15, 0.2) is 0 Å². The molecular weight excluding hydrogens is 634 g/mol. The Balaban J connectivity index is 0.000000379. The molecule has 0 unspecified atom stereocenters. The van der Waals surface area contributed by atoms with Gasteiger partial charge in [0.05, 0.1) is 0 Å². The summed E-state index contributed by atoms with van der Waals surface area (Å²) in [6, 6.07) is 0. The van der Waals surface area contributed by atoms with Crippen LogP contribution in [0.2, 0.25) is 0 Å². The largest absolute Gasteiger partial charge is 0.307 e. The Bertz CT molecular complexity index is 519. The van der Waals surface area contributed by atoms with Gasteiger partial charge in [-0.3, -0.25) is 0 Å². The van der Waals surface area contributed by atoms with Crippen LogP contribution in [0.5, 0.6) is 0 Å². The average Bonchev–Trinajstić information content (AvgIpc) is 3.14. The van der Waals surface area contributed by atoms with Crippen molar-refractivity contribution in [2.75, 3.05) is 0 Å². The molecule has 6 saturated carbocycles. The van der Waals surface area contributed by atoms with E-state index in [1.165, 1.54) is 72.5 Å². The molecule has 0 bridgehead atoms. The molecule has 0 aromatic rings. The minimum atomic E-state index is 0. The van der Waals surface area contributed by atoms with E-state index in [-0.39, 0.29) is 17.1 Å². The van der Waals surface area contributed by atoms with Crippen molar-refractivity contribution < 1.29 is 31.5 Å². The molecule has 0 radical (unpaired) electrons. The van der Waals surface area contributed by atoms with Crippen molar-refractivity contribution >= 4 is 36.2 Å². The first-order chi connectivity index (χ1) is 21.9.